The van der Waals surface area contributed by atoms with Gasteiger partial charge in [-0.2, -0.15) is 0 Å². The maximum Gasteiger partial charge on any atom is 0.160 e. The van der Waals surface area contributed by atoms with Gasteiger partial charge in [0.05, 0.1) is 20.8 Å². The van der Waals surface area contributed by atoms with Gasteiger partial charge in [-0.15, -0.1) is 0 Å². The molecule has 0 amide bonds. The second kappa shape index (κ2) is 13.9. The fraction of sp³-hybridized carbons (Fsp3) is 0.357. The summed E-state index contributed by atoms with van der Waals surface area (Å²) in [7, 11) is 3.30. The summed E-state index contributed by atoms with van der Waals surface area (Å²) in [6, 6.07) is 22.2. The molecule has 0 fully saturated rings. The predicted octanol–water partition coefficient (Wildman–Crippen LogP) is 1.21. The lowest BCUT2D eigenvalue weighted by molar-refractivity contribution is -0.694. The molecule has 0 aliphatic carbocycles. The van der Waals surface area contributed by atoms with Crippen molar-refractivity contribution in [2.45, 2.75) is 45.4 Å². The minimum atomic E-state index is -0.534. The molecule has 0 saturated carbocycles. The predicted molar refractivity (Wildman–Crippen MR) is 131 cm³/mol. The maximum absolute atomic E-state index is 10.9. The van der Waals surface area contributed by atoms with E-state index in [1.54, 1.807) is 14.2 Å². The Bertz CT molecular complexity index is 1010. The minimum Gasteiger partial charge on any atom is -1.00 e. The molecule has 2 unspecified atom stereocenters. The molecule has 6 heteroatoms. The zero-order valence-electron chi connectivity index (χ0n) is 20.5. The highest BCUT2D eigenvalue weighted by molar-refractivity contribution is 5.43. The molecule has 2 atom stereocenters. The number of quaternary nitrogens is 1. The van der Waals surface area contributed by atoms with Gasteiger partial charge in [0.2, 0.25) is 0 Å². The lowest BCUT2D eigenvalue weighted by Gasteiger charge is -2.19. The van der Waals surface area contributed by atoms with Crippen molar-refractivity contribution in [2.75, 3.05) is 20.8 Å². The van der Waals surface area contributed by atoms with Crippen molar-refractivity contribution >= 4 is 0 Å². The zero-order chi connectivity index (χ0) is 23.6. The van der Waals surface area contributed by atoms with Gasteiger partial charge in [0.1, 0.15) is 24.5 Å². The quantitative estimate of drug-likeness (QED) is 0.379. The maximum atomic E-state index is 10.9. The Balaban J connectivity index is 0.00000408. The van der Waals surface area contributed by atoms with Gasteiger partial charge >= 0.3 is 0 Å². The number of nitrogens with two attached hydrogens (primary N) is 1. The average Bonchev–Trinajstić information content (AvgIpc) is 2.85. The molecule has 3 N–H and O–H groups in total. The highest BCUT2D eigenvalue weighted by Crippen LogP contribution is 2.28. The first-order chi connectivity index (χ1) is 16.0. The van der Waals surface area contributed by atoms with E-state index in [4.69, 9.17) is 14.2 Å². The number of hydrogen-bond donors (Lipinski definition) is 2. The third-order valence-electron chi connectivity index (χ3n) is 5.93. The summed E-state index contributed by atoms with van der Waals surface area (Å²) in [5.41, 5.74) is 4.31. The van der Waals surface area contributed by atoms with Crippen molar-refractivity contribution in [3.05, 3.63) is 89.0 Å². The minimum absolute atomic E-state index is 0. The first kappa shape index (κ1) is 27.5. The van der Waals surface area contributed by atoms with Crippen LogP contribution in [0.2, 0.25) is 0 Å². The second-order valence-electron chi connectivity index (χ2n) is 8.42. The molecule has 0 bridgehead atoms. The summed E-state index contributed by atoms with van der Waals surface area (Å²) in [6.45, 7) is 5.56. The van der Waals surface area contributed by atoms with E-state index < -0.39 is 6.10 Å². The van der Waals surface area contributed by atoms with Crippen molar-refractivity contribution in [1.29, 1.82) is 0 Å². The van der Waals surface area contributed by atoms with Crippen molar-refractivity contribution < 1.29 is 37.0 Å². The van der Waals surface area contributed by atoms with E-state index in [9.17, 15) is 5.11 Å². The highest BCUT2D eigenvalue weighted by Gasteiger charge is 2.20. The number of aliphatic hydroxyl groups is 1. The normalized spacial score (nSPS) is 12.4. The molecule has 0 heterocycles. The largest absolute Gasteiger partial charge is 1.00 e. The van der Waals surface area contributed by atoms with Crippen molar-refractivity contribution in [1.82, 2.24) is 0 Å². The van der Waals surface area contributed by atoms with E-state index in [1.807, 2.05) is 55.5 Å². The molecule has 34 heavy (non-hydrogen) atoms. The van der Waals surface area contributed by atoms with Crippen LogP contribution in [-0.2, 0) is 13.0 Å². The molecular weight excluding hydrogens is 450 g/mol. The molecule has 0 aromatic heterocycles. The van der Waals surface area contributed by atoms with Crippen molar-refractivity contribution in [3.63, 3.8) is 0 Å². The van der Waals surface area contributed by atoms with Gasteiger partial charge in [0, 0.05) is 6.42 Å². The summed E-state index contributed by atoms with van der Waals surface area (Å²) < 4.78 is 16.6. The fourth-order valence-corrected chi connectivity index (χ4v) is 3.91. The van der Waals surface area contributed by atoms with Crippen LogP contribution in [0, 0.1) is 6.92 Å². The lowest BCUT2D eigenvalue weighted by Crippen LogP contribution is -3.00. The lowest BCUT2D eigenvalue weighted by atomic mass is 10.0. The third-order valence-corrected chi connectivity index (χ3v) is 5.93. The van der Waals surface area contributed by atoms with Crippen molar-refractivity contribution in [2.24, 2.45) is 0 Å². The van der Waals surface area contributed by atoms with E-state index in [0.717, 1.165) is 53.3 Å². The number of aryl methyl sites for hydroxylation is 2. The van der Waals surface area contributed by atoms with Crippen LogP contribution >= 0.6 is 0 Å². The average molecular weight is 486 g/mol. The first-order valence-corrected chi connectivity index (χ1v) is 11.5. The molecule has 3 aromatic carbocycles. The van der Waals surface area contributed by atoms with Gasteiger partial charge in [0.15, 0.2) is 11.5 Å². The molecule has 184 valence electrons. The molecule has 5 nitrogen and oxygen atoms in total. The summed E-state index contributed by atoms with van der Waals surface area (Å²) in [5, 5.41) is 13.1. The number of aliphatic hydroxyl groups excluding tert-OH is 1. The van der Waals surface area contributed by atoms with Gasteiger partial charge in [0.25, 0.3) is 0 Å². The van der Waals surface area contributed by atoms with E-state index >= 15 is 0 Å². The highest BCUT2D eigenvalue weighted by atomic mass is 35.5. The topological polar surface area (TPSA) is 64.5 Å². The Morgan fingerprint density at radius 2 is 1.56 bits per heavy atom. The van der Waals surface area contributed by atoms with Crippen LogP contribution in [0.15, 0.2) is 66.7 Å². The number of rotatable bonds is 12. The zero-order valence-corrected chi connectivity index (χ0v) is 21.2. The summed E-state index contributed by atoms with van der Waals surface area (Å²) in [4.78, 5) is 0. The molecule has 3 rings (SSSR count). The Morgan fingerprint density at radius 1 is 0.853 bits per heavy atom. The van der Waals surface area contributed by atoms with Gasteiger partial charge in [-0.05, 0) is 66.8 Å². The van der Waals surface area contributed by atoms with Crippen LogP contribution in [0.4, 0.5) is 0 Å². The van der Waals surface area contributed by atoms with E-state index in [-0.39, 0.29) is 18.4 Å². The Hall–Kier alpha value is -2.73. The first-order valence-electron chi connectivity index (χ1n) is 11.5. The van der Waals surface area contributed by atoms with Gasteiger partial charge < -0.3 is 37.0 Å². The smallest absolute Gasteiger partial charge is 0.160 e. The molecule has 0 spiro atoms. The number of hydrogen-bond acceptors (Lipinski definition) is 4. The van der Waals surface area contributed by atoms with Crippen LogP contribution in [0.5, 0.6) is 17.2 Å². The second-order valence-corrected chi connectivity index (χ2v) is 8.42. The molecule has 3 aromatic rings. The number of halogens is 1. The Labute approximate surface area is 209 Å². The molecule has 0 aliphatic heterocycles. The Morgan fingerprint density at radius 3 is 2.24 bits per heavy atom. The van der Waals surface area contributed by atoms with E-state index in [0.29, 0.717) is 6.61 Å². The van der Waals surface area contributed by atoms with Gasteiger partial charge in [-0.25, -0.2) is 0 Å². The van der Waals surface area contributed by atoms with Gasteiger partial charge in [-0.3, -0.25) is 0 Å². The van der Waals surface area contributed by atoms with Crippen LogP contribution in [-0.4, -0.2) is 31.9 Å². The third kappa shape index (κ3) is 7.66. The van der Waals surface area contributed by atoms with Crippen LogP contribution in [0.3, 0.4) is 0 Å². The van der Waals surface area contributed by atoms with Crippen LogP contribution in [0.25, 0.3) is 0 Å². The molecule has 0 aliphatic rings. The van der Waals surface area contributed by atoms with Crippen LogP contribution < -0.4 is 31.9 Å². The van der Waals surface area contributed by atoms with Gasteiger partial charge in [-0.1, -0.05) is 42.5 Å². The standard InChI is InChI=1S/C28H35NO4.ClH/c1-20-17-24(13-15-25(20)33-19-23-9-6-5-7-10-23)28(30)21(2)29-16-8-11-22-12-14-26(31-3)27(18-22)32-4;/h5-7,9-10,12-15,17-18,21,28-30H,8,11,16,19H2,1-4H3;1H. The van der Waals surface area contributed by atoms with Crippen LogP contribution in [0.1, 0.15) is 41.7 Å². The van der Waals surface area contributed by atoms with E-state index in [1.165, 1.54) is 5.56 Å². The summed E-state index contributed by atoms with van der Waals surface area (Å²) >= 11 is 0. The number of benzene rings is 3. The SMILES string of the molecule is COc1ccc(CCC[NH2+]C(C)C(O)c2ccc(OCc3ccccc3)c(C)c2)cc1OC.[Cl-]. The number of methoxy groups -OCH3 is 2. The summed E-state index contributed by atoms with van der Waals surface area (Å²) in [5.74, 6) is 2.35. The molecular formula is C28H36ClNO4. The fourth-order valence-electron chi connectivity index (χ4n) is 3.91. The Kier molecular flexibility index (Phi) is 11.2. The monoisotopic (exact) mass is 485 g/mol. The summed E-state index contributed by atoms with van der Waals surface area (Å²) in [6.07, 6.45) is 1.43. The molecule has 0 saturated heterocycles. The van der Waals surface area contributed by atoms with E-state index in [2.05, 4.69) is 30.4 Å². The van der Waals surface area contributed by atoms with Crippen molar-refractivity contribution in [3.8, 4) is 17.2 Å². The number of ether oxygens (including phenoxy) is 3. The molecule has 0 radical (unpaired) electrons.